The fraction of sp³-hybridized carbons (Fsp3) is 0.375. The maximum absolute atomic E-state index is 12.8. The number of thioether (sulfide) groups is 1. The van der Waals surface area contributed by atoms with Gasteiger partial charge in [-0.1, -0.05) is 43.3 Å². The Bertz CT molecular complexity index is 994. The minimum absolute atomic E-state index is 0.202. The van der Waals surface area contributed by atoms with Gasteiger partial charge in [-0.15, -0.1) is 11.3 Å². The van der Waals surface area contributed by atoms with E-state index in [1.807, 2.05) is 24.4 Å². The zero-order valence-corrected chi connectivity index (χ0v) is 19.8. The van der Waals surface area contributed by atoms with Crippen molar-refractivity contribution in [2.75, 3.05) is 18.5 Å². The summed E-state index contributed by atoms with van der Waals surface area (Å²) in [6.07, 6.45) is 5.68. The first-order chi connectivity index (χ1) is 15.0. The first-order valence-electron chi connectivity index (χ1n) is 10.6. The quantitative estimate of drug-likeness (QED) is 0.277. The van der Waals surface area contributed by atoms with E-state index in [2.05, 4.69) is 29.4 Å². The summed E-state index contributed by atoms with van der Waals surface area (Å²) in [6.45, 7) is 6.50. The fourth-order valence-electron chi connectivity index (χ4n) is 3.34. The average Bonchev–Trinajstić information content (AvgIpc) is 3.11. The molecule has 1 aromatic carbocycles. The summed E-state index contributed by atoms with van der Waals surface area (Å²) in [5.74, 6) is -0.584. The first-order valence-corrected chi connectivity index (χ1v) is 12.2. The van der Waals surface area contributed by atoms with E-state index in [0.29, 0.717) is 23.6 Å². The van der Waals surface area contributed by atoms with Gasteiger partial charge in [0.15, 0.2) is 0 Å². The molecule has 1 aliphatic carbocycles. The van der Waals surface area contributed by atoms with E-state index >= 15 is 0 Å². The lowest BCUT2D eigenvalue weighted by Crippen LogP contribution is -2.13. The Hall–Kier alpha value is -2.38. The van der Waals surface area contributed by atoms with Crippen molar-refractivity contribution in [2.45, 2.75) is 51.3 Å². The molecule has 0 aliphatic heterocycles. The zero-order chi connectivity index (χ0) is 22.2. The van der Waals surface area contributed by atoms with Crippen LogP contribution in [-0.4, -0.2) is 31.2 Å². The molecule has 0 fully saturated rings. The normalized spacial score (nSPS) is 13.4. The summed E-state index contributed by atoms with van der Waals surface area (Å²) in [5.41, 5.74) is 2.62. The van der Waals surface area contributed by atoms with Crippen molar-refractivity contribution in [3.05, 3.63) is 51.9 Å². The maximum atomic E-state index is 12.8. The number of carbonyl (C=O) groups is 2. The van der Waals surface area contributed by atoms with Crippen LogP contribution < -0.4 is 5.32 Å². The number of hydrogen-bond donors (Lipinski definition) is 1. The van der Waals surface area contributed by atoms with Crippen molar-refractivity contribution < 1.29 is 14.3 Å². The third-order valence-electron chi connectivity index (χ3n) is 4.77. The molecule has 1 N–H and O–H groups in total. The van der Waals surface area contributed by atoms with Crippen molar-refractivity contribution >= 4 is 51.1 Å². The van der Waals surface area contributed by atoms with Gasteiger partial charge in [0.05, 0.1) is 12.2 Å². The van der Waals surface area contributed by atoms with E-state index in [1.54, 1.807) is 18.7 Å². The van der Waals surface area contributed by atoms with E-state index in [0.717, 1.165) is 46.0 Å². The highest BCUT2D eigenvalue weighted by molar-refractivity contribution is 8.08. The number of fused-ring (bicyclic) bond motifs is 1. The van der Waals surface area contributed by atoms with Crippen LogP contribution in [0.5, 0.6) is 0 Å². The summed E-state index contributed by atoms with van der Waals surface area (Å²) in [5, 5.41) is 3.40. The molecule has 0 spiro atoms. The highest BCUT2D eigenvalue weighted by Crippen LogP contribution is 2.49. The number of thiophene rings is 1. The molecule has 1 amide bonds. The van der Waals surface area contributed by atoms with Gasteiger partial charge >= 0.3 is 5.97 Å². The Morgan fingerprint density at radius 2 is 2.00 bits per heavy atom. The molecule has 1 aliphatic rings. The molecule has 31 heavy (non-hydrogen) atoms. The highest BCUT2D eigenvalue weighted by Gasteiger charge is 2.31. The number of anilines is 1. The fourth-order valence-corrected chi connectivity index (χ4v) is 5.88. The predicted octanol–water partition coefficient (Wildman–Crippen LogP) is 6.20. The Labute approximate surface area is 192 Å². The number of unbranched alkanes of at least 4 members (excludes halogenated alkanes) is 1. The molecule has 7 heteroatoms. The third kappa shape index (κ3) is 5.86. The van der Waals surface area contributed by atoms with Crippen LogP contribution in [0.1, 0.15) is 60.8 Å². The molecule has 5 nitrogen and oxygen atoms in total. The van der Waals surface area contributed by atoms with Crippen molar-refractivity contribution in [3.8, 4) is 0 Å². The van der Waals surface area contributed by atoms with Gasteiger partial charge in [0, 0.05) is 34.4 Å². The van der Waals surface area contributed by atoms with Gasteiger partial charge < -0.3 is 10.1 Å². The number of carbonyl (C=O) groups excluding carboxylic acids is 2. The van der Waals surface area contributed by atoms with Crippen LogP contribution >= 0.6 is 23.1 Å². The van der Waals surface area contributed by atoms with Gasteiger partial charge in [-0.05, 0) is 49.5 Å². The van der Waals surface area contributed by atoms with E-state index in [4.69, 9.17) is 4.74 Å². The third-order valence-corrected chi connectivity index (χ3v) is 7.24. The van der Waals surface area contributed by atoms with Crippen molar-refractivity contribution in [1.29, 1.82) is 0 Å². The van der Waals surface area contributed by atoms with Crippen molar-refractivity contribution in [2.24, 2.45) is 4.99 Å². The zero-order valence-electron chi connectivity index (χ0n) is 18.2. The van der Waals surface area contributed by atoms with E-state index in [-0.39, 0.29) is 11.9 Å². The van der Waals surface area contributed by atoms with Crippen LogP contribution in [0.4, 0.5) is 5.00 Å². The number of aliphatic imine (C=N–C) groups is 1. The second-order valence-electron chi connectivity index (χ2n) is 7.17. The molecule has 2 aromatic rings. The Kier molecular flexibility index (Phi) is 8.49. The second kappa shape index (κ2) is 11.3. The topological polar surface area (TPSA) is 67.8 Å². The predicted molar refractivity (Wildman–Crippen MR) is 130 cm³/mol. The average molecular weight is 457 g/mol. The first kappa shape index (κ1) is 23.3. The molecule has 0 saturated carbocycles. The highest BCUT2D eigenvalue weighted by atomic mass is 32.2. The maximum Gasteiger partial charge on any atom is 0.341 e. The number of esters is 1. The van der Waals surface area contributed by atoms with Gasteiger partial charge in [0.1, 0.15) is 5.00 Å². The number of amides is 1. The van der Waals surface area contributed by atoms with Crippen molar-refractivity contribution in [3.63, 3.8) is 0 Å². The minimum Gasteiger partial charge on any atom is -0.462 e. The summed E-state index contributed by atoms with van der Waals surface area (Å²) in [7, 11) is 0. The molecule has 0 bridgehead atoms. The Balaban J connectivity index is 2.09. The molecule has 0 unspecified atom stereocenters. The van der Waals surface area contributed by atoms with Gasteiger partial charge in [-0.2, -0.15) is 0 Å². The lowest BCUT2D eigenvalue weighted by molar-refractivity contribution is -0.114. The number of allylic oxidation sites excluding steroid dienone is 1. The lowest BCUT2D eigenvalue weighted by Gasteiger charge is -2.19. The molecule has 0 saturated heterocycles. The Morgan fingerprint density at radius 3 is 2.68 bits per heavy atom. The molecule has 1 heterocycles. The molecule has 3 rings (SSSR count). The van der Waals surface area contributed by atoms with Gasteiger partial charge in [0.25, 0.3) is 0 Å². The molecule has 0 atom stereocenters. The standard InChI is InChI=1S/C24H28N2O3S2/c1-4-6-14-25-15-17-12-13-19-20(24(28)29-5-2)23(26-16(3)27)31-22(19)21(17)30-18-10-8-7-9-11-18/h7-11,15H,4-6,12-14H2,1-3H3,(H,26,27). The molecular weight excluding hydrogens is 428 g/mol. The molecule has 1 aromatic heterocycles. The van der Waals surface area contributed by atoms with Crippen LogP contribution in [0.2, 0.25) is 0 Å². The van der Waals surface area contributed by atoms with Crippen LogP contribution in [0.15, 0.2) is 45.8 Å². The monoisotopic (exact) mass is 456 g/mol. The van der Waals surface area contributed by atoms with E-state index in [1.165, 1.54) is 23.8 Å². The minimum atomic E-state index is -0.382. The number of nitrogens with zero attached hydrogens (tertiary/aromatic N) is 1. The smallest absolute Gasteiger partial charge is 0.341 e. The van der Waals surface area contributed by atoms with Gasteiger partial charge in [0.2, 0.25) is 5.91 Å². The van der Waals surface area contributed by atoms with E-state index in [9.17, 15) is 9.59 Å². The summed E-state index contributed by atoms with van der Waals surface area (Å²) in [6, 6.07) is 10.2. The van der Waals surface area contributed by atoms with Crippen LogP contribution in [0.3, 0.4) is 0 Å². The van der Waals surface area contributed by atoms with Gasteiger partial charge in [-0.3, -0.25) is 9.79 Å². The largest absolute Gasteiger partial charge is 0.462 e. The summed E-state index contributed by atoms with van der Waals surface area (Å²) in [4.78, 5) is 32.4. The number of rotatable bonds is 9. The molecule has 0 radical (unpaired) electrons. The Morgan fingerprint density at radius 1 is 1.23 bits per heavy atom. The SMILES string of the molecule is CCCCN=CC1=C(Sc2ccccc2)c2sc(NC(C)=O)c(C(=O)OCC)c2CC1. The second-order valence-corrected chi connectivity index (χ2v) is 9.28. The van der Waals surface area contributed by atoms with Crippen molar-refractivity contribution in [1.82, 2.24) is 0 Å². The van der Waals surface area contributed by atoms with Crippen LogP contribution in [0.25, 0.3) is 4.91 Å². The summed E-state index contributed by atoms with van der Waals surface area (Å²) < 4.78 is 5.31. The molecule has 164 valence electrons. The van der Waals surface area contributed by atoms with Crippen LogP contribution in [-0.2, 0) is 16.0 Å². The van der Waals surface area contributed by atoms with Crippen LogP contribution in [0, 0.1) is 0 Å². The van der Waals surface area contributed by atoms with Gasteiger partial charge in [-0.25, -0.2) is 4.79 Å². The number of nitrogens with one attached hydrogen (secondary N) is 1. The number of hydrogen-bond acceptors (Lipinski definition) is 6. The van der Waals surface area contributed by atoms with E-state index < -0.39 is 0 Å². The summed E-state index contributed by atoms with van der Waals surface area (Å²) >= 11 is 3.13. The number of benzene rings is 1. The molecular formula is C24H28N2O3S2. The lowest BCUT2D eigenvalue weighted by atomic mass is 9.95. The number of ether oxygens (including phenoxy) is 1.